The van der Waals surface area contributed by atoms with E-state index in [0.29, 0.717) is 49.3 Å². The lowest BCUT2D eigenvalue weighted by Crippen LogP contribution is -2.37. The van der Waals surface area contributed by atoms with Crippen molar-refractivity contribution in [2.45, 2.75) is 20.0 Å². The average molecular weight is 380 g/mol. The van der Waals surface area contributed by atoms with Crippen molar-refractivity contribution < 1.29 is 22.7 Å². The highest BCUT2D eigenvalue weighted by Gasteiger charge is 2.31. The van der Waals surface area contributed by atoms with E-state index in [9.17, 15) is 18.0 Å². The third-order valence-electron chi connectivity index (χ3n) is 4.24. The number of benzene rings is 1. The number of rotatable bonds is 3. The summed E-state index contributed by atoms with van der Waals surface area (Å²) in [5, 5.41) is 2.63. The van der Waals surface area contributed by atoms with Crippen LogP contribution in [0.5, 0.6) is 0 Å². The Balaban J connectivity index is 1.82. The number of carbonyl (C=O) groups excluding carboxylic acids is 1. The minimum atomic E-state index is -4.51. The van der Waals surface area contributed by atoms with E-state index in [-0.39, 0.29) is 5.56 Å². The number of aromatic nitrogens is 2. The number of anilines is 2. The van der Waals surface area contributed by atoms with Gasteiger partial charge < -0.3 is 15.0 Å². The number of carbonyl (C=O) groups is 1. The Bertz CT molecular complexity index is 826. The van der Waals surface area contributed by atoms with Gasteiger partial charge in [-0.2, -0.15) is 13.2 Å². The van der Waals surface area contributed by atoms with Crippen LogP contribution in [0.15, 0.2) is 24.3 Å². The Kier molecular flexibility index (Phi) is 5.31. The summed E-state index contributed by atoms with van der Waals surface area (Å²) in [5.74, 6) is -0.0969. The molecule has 9 heteroatoms. The van der Waals surface area contributed by atoms with Crippen LogP contribution < -0.4 is 10.2 Å². The number of ether oxygens (including phenoxy) is 1. The van der Waals surface area contributed by atoms with Crippen molar-refractivity contribution in [3.05, 3.63) is 46.8 Å². The van der Waals surface area contributed by atoms with Gasteiger partial charge in [-0.3, -0.25) is 4.79 Å². The number of halogens is 3. The number of morpholine rings is 1. The molecule has 3 rings (SSSR count). The summed E-state index contributed by atoms with van der Waals surface area (Å²) in [6.07, 6.45) is -4.51. The first-order valence-corrected chi connectivity index (χ1v) is 8.42. The summed E-state index contributed by atoms with van der Waals surface area (Å²) in [7, 11) is 0. The zero-order valence-corrected chi connectivity index (χ0v) is 14.9. The summed E-state index contributed by atoms with van der Waals surface area (Å²) in [4.78, 5) is 23.3. The third kappa shape index (κ3) is 4.36. The lowest BCUT2D eigenvalue weighted by atomic mass is 10.1. The third-order valence-corrected chi connectivity index (χ3v) is 4.24. The molecule has 0 aliphatic carbocycles. The topological polar surface area (TPSA) is 67.3 Å². The maximum atomic E-state index is 12.8. The monoisotopic (exact) mass is 380 g/mol. The molecule has 2 aromatic rings. The highest BCUT2D eigenvalue weighted by molar-refractivity contribution is 6.05. The van der Waals surface area contributed by atoms with Gasteiger partial charge in [-0.15, -0.1) is 0 Å². The maximum absolute atomic E-state index is 12.8. The van der Waals surface area contributed by atoms with Crippen molar-refractivity contribution >= 4 is 17.5 Å². The van der Waals surface area contributed by atoms with Crippen LogP contribution >= 0.6 is 0 Å². The van der Waals surface area contributed by atoms with Crippen LogP contribution in [-0.2, 0) is 10.9 Å². The molecule has 0 unspecified atom stereocenters. The molecule has 1 fully saturated rings. The van der Waals surface area contributed by atoms with Crippen molar-refractivity contribution in [1.29, 1.82) is 0 Å². The van der Waals surface area contributed by atoms with Crippen molar-refractivity contribution in [2.24, 2.45) is 0 Å². The molecule has 0 spiro atoms. The Morgan fingerprint density at radius 3 is 2.37 bits per heavy atom. The Labute approximate surface area is 154 Å². The molecular weight excluding hydrogens is 361 g/mol. The molecule has 0 atom stereocenters. The molecule has 0 bridgehead atoms. The fourth-order valence-electron chi connectivity index (χ4n) is 2.81. The molecule has 1 aliphatic rings. The number of hydrogen-bond donors (Lipinski definition) is 1. The summed E-state index contributed by atoms with van der Waals surface area (Å²) in [5.41, 5.74) is 0.534. The molecule has 1 N–H and O–H groups in total. The molecule has 144 valence electrons. The van der Waals surface area contributed by atoms with Crippen LogP contribution in [0.2, 0.25) is 0 Å². The van der Waals surface area contributed by atoms with Gasteiger partial charge in [-0.1, -0.05) is 6.07 Å². The molecule has 2 heterocycles. The second-order valence-electron chi connectivity index (χ2n) is 6.20. The first kappa shape index (κ1) is 19.1. The van der Waals surface area contributed by atoms with E-state index in [4.69, 9.17) is 4.74 Å². The highest BCUT2D eigenvalue weighted by Crippen LogP contribution is 2.30. The smallest absolute Gasteiger partial charge is 0.378 e. The Morgan fingerprint density at radius 2 is 1.78 bits per heavy atom. The zero-order chi connectivity index (χ0) is 19.6. The molecule has 1 saturated heterocycles. The molecule has 1 aromatic carbocycles. The van der Waals surface area contributed by atoms with Crippen LogP contribution in [-0.4, -0.2) is 42.2 Å². The number of amides is 1. The predicted octanol–water partition coefficient (Wildman–Crippen LogP) is 3.20. The van der Waals surface area contributed by atoms with Gasteiger partial charge in [0.2, 0.25) is 5.95 Å². The van der Waals surface area contributed by atoms with Crippen LogP contribution in [0.1, 0.15) is 27.3 Å². The fourth-order valence-corrected chi connectivity index (χ4v) is 2.81. The van der Waals surface area contributed by atoms with E-state index in [1.165, 1.54) is 12.1 Å². The number of aryl methyl sites for hydroxylation is 2. The van der Waals surface area contributed by atoms with Gasteiger partial charge in [0.25, 0.3) is 5.91 Å². The predicted molar refractivity (Wildman–Crippen MR) is 93.9 cm³/mol. The molecule has 1 aliphatic heterocycles. The summed E-state index contributed by atoms with van der Waals surface area (Å²) in [6, 6.07) is 4.28. The van der Waals surface area contributed by atoms with Crippen molar-refractivity contribution in [3.8, 4) is 0 Å². The molecule has 1 amide bonds. The standard InChI is InChI=1S/C18H19F3N4O2/c1-11-15(12(2)23-17(22-11)25-6-8-27-9-7-25)24-16(26)13-4-3-5-14(10-13)18(19,20)21/h3-5,10H,6-9H2,1-2H3,(H,24,26). The largest absolute Gasteiger partial charge is 0.416 e. The summed E-state index contributed by atoms with van der Waals surface area (Å²) < 4.78 is 43.8. The van der Waals surface area contributed by atoms with Crippen molar-refractivity contribution in [3.63, 3.8) is 0 Å². The quantitative estimate of drug-likeness (QED) is 0.886. The molecule has 0 radical (unpaired) electrons. The van der Waals surface area contributed by atoms with Gasteiger partial charge in [0.15, 0.2) is 0 Å². The van der Waals surface area contributed by atoms with E-state index in [2.05, 4.69) is 15.3 Å². The second-order valence-corrected chi connectivity index (χ2v) is 6.20. The van der Waals surface area contributed by atoms with Crippen LogP contribution in [0.4, 0.5) is 24.8 Å². The van der Waals surface area contributed by atoms with Gasteiger partial charge in [0.1, 0.15) is 0 Å². The van der Waals surface area contributed by atoms with Crippen LogP contribution in [0.3, 0.4) is 0 Å². The SMILES string of the molecule is Cc1nc(N2CCOCC2)nc(C)c1NC(=O)c1cccc(C(F)(F)F)c1. The number of alkyl halides is 3. The van der Waals surface area contributed by atoms with Crippen LogP contribution in [0.25, 0.3) is 0 Å². The molecule has 1 aromatic heterocycles. The van der Waals surface area contributed by atoms with E-state index in [1.807, 2.05) is 4.90 Å². The minimum absolute atomic E-state index is 0.0825. The maximum Gasteiger partial charge on any atom is 0.416 e. The number of hydrogen-bond acceptors (Lipinski definition) is 5. The molecule has 6 nitrogen and oxygen atoms in total. The van der Waals surface area contributed by atoms with Crippen LogP contribution in [0, 0.1) is 13.8 Å². The fraction of sp³-hybridized carbons (Fsp3) is 0.389. The normalized spacial score (nSPS) is 14.9. The lowest BCUT2D eigenvalue weighted by molar-refractivity contribution is -0.137. The van der Waals surface area contributed by atoms with Gasteiger partial charge in [0, 0.05) is 18.7 Å². The Morgan fingerprint density at radius 1 is 1.15 bits per heavy atom. The first-order valence-electron chi connectivity index (χ1n) is 8.42. The zero-order valence-electron chi connectivity index (χ0n) is 14.9. The van der Waals surface area contributed by atoms with Gasteiger partial charge in [-0.05, 0) is 32.0 Å². The molecule has 0 saturated carbocycles. The summed E-state index contributed by atoms with van der Waals surface area (Å²) >= 11 is 0. The lowest BCUT2D eigenvalue weighted by Gasteiger charge is -2.27. The van der Waals surface area contributed by atoms with E-state index < -0.39 is 17.6 Å². The van der Waals surface area contributed by atoms with Gasteiger partial charge in [-0.25, -0.2) is 9.97 Å². The molecular formula is C18H19F3N4O2. The summed E-state index contributed by atoms with van der Waals surface area (Å²) in [6.45, 7) is 5.98. The van der Waals surface area contributed by atoms with Crippen molar-refractivity contribution in [1.82, 2.24) is 9.97 Å². The average Bonchev–Trinajstić information content (AvgIpc) is 2.64. The van der Waals surface area contributed by atoms with E-state index in [1.54, 1.807) is 13.8 Å². The second kappa shape index (κ2) is 7.51. The Hall–Kier alpha value is -2.68. The minimum Gasteiger partial charge on any atom is -0.378 e. The van der Waals surface area contributed by atoms with Gasteiger partial charge >= 0.3 is 6.18 Å². The molecule has 27 heavy (non-hydrogen) atoms. The number of nitrogens with zero attached hydrogens (tertiary/aromatic N) is 3. The van der Waals surface area contributed by atoms with Gasteiger partial charge in [0.05, 0.1) is 35.9 Å². The highest BCUT2D eigenvalue weighted by atomic mass is 19.4. The van der Waals surface area contributed by atoms with E-state index in [0.717, 1.165) is 12.1 Å². The van der Waals surface area contributed by atoms with E-state index >= 15 is 0 Å². The first-order chi connectivity index (χ1) is 12.8. The van der Waals surface area contributed by atoms with Crippen molar-refractivity contribution in [2.75, 3.05) is 36.5 Å². The number of nitrogens with one attached hydrogen (secondary N) is 1.